The molecule has 0 aromatic heterocycles. The van der Waals surface area contributed by atoms with Crippen molar-refractivity contribution in [3.8, 4) is 0 Å². The first-order valence-corrected chi connectivity index (χ1v) is 24.0. The van der Waals surface area contributed by atoms with Crippen LogP contribution in [0.15, 0.2) is 60.8 Å². The lowest BCUT2D eigenvalue weighted by atomic mass is 10.0. The standard InChI is InChI=1S/C51H91NO5/c1-4-7-10-13-16-19-21-23-24-25-26-28-30-32-35-38-41-44-51(56)57-47(42-39-36-33-18-15-12-9-6-3)45-50(55)52-48(46-53)49(54)43-40-37-34-31-29-27-22-20-17-14-11-8-5-2/h7,10,16,19,23-24,26,28,32,35,47-49,53-54H,4-6,8-9,11-15,17-18,20-22,25,27,29-31,33-34,36-46H2,1-3H3,(H,52,55)/b10-7-,19-16-,24-23-,28-26-,35-32-. The SMILES string of the molecule is CC/C=C\C/C=C\C/C=C\C/C=C\C/C=C\CCCC(=O)OC(CCCCCCCCCC)CC(=O)NC(CO)C(O)CCCCCCCCCCCCCCC. The molecule has 6 heteroatoms. The zero-order valence-electron chi connectivity index (χ0n) is 37.5. The van der Waals surface area contributed by atoms with Crippen LogP contribution in [0.25, 0.3) is 0 Å². The average Bonchev–Trinajstić information content (AvgIpc) is 3.20. The van der Waals surface area contributed by atoms with Gasteiger partial charge in [0.2, 0.25) is 5.91 Å². The third kappa shape index (κ3) is 40.1. The normalized spacial score (nSPS) is 13.8. The fraction of sp³-hybridized carbons (Fsp3) is 0.765. The van der Waals surface area contributed by atoms with Crippen LogP contribution in [-0.2, 0) is 14.3 Å². The topological polar surface area (TPSA) is 95.9 Å². The van der Waals surface area contributed by atoms with E-state index in [0.29, 0.717) is 25.7 Å². The van der Waals surface area contributed by atoms with Crippen molar-refractivity contribution in [2.45, 2.75) is 244 Å². The maximum Gasteiger partial charge on any atom is 0.306 e. The van der Waals surface area contributed by atoms with Crippen molar-refractivity contribution in [2.24, 2.45) is 0 Å². The third-order valence-electron chi connectivity index (χ3n) is 10.6. The molecule has 0 saturated carbocycles. The van der Waals surface area contributed by atoms with Gasteiger partial charge in [-0.05, 0) is 64.2 Å². The number of aliphatic hydroxyl groups excluding tert-OH is 2. The number of amides is 1. The van der Waals surface area contributed by atoms with E-state index < -0.39 is 18.2 Å². The molecule has 0 saturated heterocycles. The third-order valence-corrected chi connectivity index (χ3v) is 10.6. The molecule has 6 nitrogen and oxygen atoms in total. The van der Waals surface area contributed by atoms with Crippen LogP contribution in [-0.4, -0.2) is 46.9 Å². The average molecular weight is 798 g/mol. The molecule has 0 radical (unpaired) electrons. The fourth-order valence-corrected chi connectivity index (χ4v) is 6.99. The molecule has 0 aliphatic rings. The lowest BCUT2D eigenvalue weighted by Gasteiger charge is -2.24. The fourth-order valence-electron chi connectivity index (χ4n) is 6.99. The van der Waals surface area contributed by atoms with Gasteiger partial charge in [-0.15, -0.1) is 0 Å². The van der Waals surface area contributed by atoms with Crippen LogP contribution in [0.2, 0.25) is 0 Å². The van der Waals surface area contributed by atoms with Crippen LogP contribution in [0.3, 0.4) is 0 Å². The van der Waals surface area contributed by atoms with Crippen LogP contribution in [0.1, 0.15) is 226 Å². The Balaban J connectivity index is 4.55. The predicted octanol–water partition coefficient (Wildman–Crippen LogP) is 14.1. The molecule has 0 aromatic rings. The van der Waals surface area contributed by atoms with Gasteiger partial charge in [0.15, 0.2) is 0 Å². The number of unbranched alkanes of at least 4 members (excludes halogenated alkanes) is 20. The van der Waals surface area contributed by atoms with Gasteiger partial charge in [0.05, 0.1) is 25.2 Å². The van der Waals surface area contributed by atoms with E-state index in [1.54, 1.807) is 0 Å². The molecule has 0 heterocycles. The molecule has 330 valence electrons. The second kappa shape index (κ2) is 44.7. The molecule has 0 rings (SSSR count). The molecule has 3 unspecified atom stereocenters. The molecule has 0 bridgehead atoms. The second-order valence-electron chi connectivity index (χ2n) is 16.1. The summed E-state index contributed by atoms with van der Waals surface area (Å²) < 4.78 is 5.86. The van der Waals surface area contributed by atoms with Gasteiger partial charge >= 0.3 is 5.97 Å². The molecule has 3 atom stereocenters. The summed E-state index contributed by atoms with van der Waals surface area (Å²) in [5.74, 6) is -0.546. The highest BCUT2D eigenvalue weighted by Crippen LogP contribution is 2.17. The van der Waals surface area contributed by atoms with Gasteiger partial charge < -0.3 is 20.3 Å². The van der Waals surface area contributed by atoms with Crippen molar-refractivity contribution in [1.29, 1.82) is 0 Å². The Morgan fingerprint density at radius 1 is 0.526 bits per heavy atom. The van der Waals surface area contributed by atoms with Crippen LogP contribution in [0.5, 0.6) is 0 Å². The number of carbonyl (C=O) groups excluding carboxylic acids is 2. The summed E-state index contributed by atoms with van der Waals surface area (Å²) >= 11 is 0. The molecule has 3 N–H and O–H groups in total. The number of ether oxygens (including phenoxy) is 1. The zero-order chi connectivity index (χ0) is 41.7. The van der Waals surface area contributed by atoms with Crippen molar-refractivity contribution < 1.29 is 24.5 Å². The quantitative estimate of drug-likeness (QED) is 0.0325. The number of esters is 1. The highest BCUT2D eigenvalue weighted by atomic mass is 16.5. The van der Waals surface area contributed by atoms with Gasteiger partial charge in [0.1, 0.15) is 6.10 Å². The lowest BCUT2D eigenvalue weighted by molar-refractivity contribution is -0.151. The molecule has 1 amide bonds. The first kappa shape index (κ1) is 54.6. The van der Waals surface area contributed by atoms with Crippen molar-refractivity contribution in [1.82, 2.24) is 5.32 Å². The molecule has 0 aliphatic heterocycles. The predicted molar refractivity (Wildman–Crippen MR) is 245 cm³/mol. The Morgan fingerprint density at radius 3 is 1.37 bits per heavy atom. The van der Waals surface area contributed by atoms with Crippen molar-refractivity contribution in [3.63, 3.8) is 0 Å². The Kier molecular flexibility index (Phi) is 42.7. The van der Waals surface area contributed by atoms with E-state index in [-0.39, 0.29) is 24.9 Å². The Morgan fingerprint density at radius 2 is 0.930 bits per heavy atom. The Hall–Kier alpha value is -2.44. The van der Waals surface area contributed by atoms with Gasteiger partial charge in [0, 0.05) is 6.42 Å². The van der Waals surface area contributed by atoms with E-state index in [4.69, 9.17) is 4.74 Å². The van der Waals surface area contributed by atoms with E-state index in [1.807, 2.05) is 0 Å². The number of aliphatic hydroxyl groups is 2. The summed E-state index contributed by atoms with van der Waals surface area (Å²) in [7, 11) is 0. The molecule has 57 heavy (non-hydrogen) atoms. The summed E-state index contributed by atoms with van der Waals surface area (Å²) in [5, 5.41) is 23.6. The van der Waals surface area contributed by atoms with Gasteiger partial charge in [-0.2, -0.15) is 0 Å². The largest absolute Gasteiger partial charge is 0.462 e. The van der Waals surface area contributed by atoms with Gasteiger partial charge in [-0.25, -0.2) is 0 Å². The first-order chi connectivity index (χ1) is 28.0. The van der Waals surface area contributed by atoms with E-state index >= 15 is 0 Å². The number of allylic oxidation sites excluding steroid dienone is 10. The number of rotatable bonds is 42. The minimum Gasteiger partial charge on any atom is -0.462 e. The Labute approximate surface area is 352 Å². The minimum atomic E-state index is -0.795. The van der Waals surface area contributed by atoms with Gasteiger partial charge in [0.25, 0.3) is 0 Å². The summed E-state index contributed by atoms with van der Waals surface area (Å²) in [6.45, 7) is 6.32. The molecular weight excluding hydrogens is 707 g/mol. The van der Waals surface area contributed by atoms with Gasteiger partial charge in [-0.1, -0.05) is 210 Å². The maximum atomic E-state index is 13.1. The second-order valence-corrected chi connectivity index (χ2v) is 16.1. The van der Waals surface area contributed by atoms with Crippen molar-refractivity contribution >= 4 is 11.9 Å². The van der Waals surface area contributed by atoms with E-state index in [9.17, 15) is 19.8 Å². The lowest BCUT2D eigenvalue weighted by Crippen LogP contribution is -2.46. The zero-order valence-corrected chi connectivity index (χ0v) is 37.5. The van der Waals surface area contributed by atoms with Gasteiger partial charge in [-0.3, -0.25) is 9.59 Å². The minimum absolute atomic E-state index is 0.0545. The summed E-state index contributed by atoms with van der Waals surface area (Å²) in [6.07, 6.45) is 54.3. The number of hydrogen-bond donors (Lipinski definition) is 3. The van der Waals surface area contributed by atoms with Crippen LogP contribution in [0.4, 0.5) is 0 Å². The van der Waals surface area contributed by atoms with Crippen molar-refractivity contribution in [2.75, 3.05) is 6.61 Å². The molecular formula is C51H91NO5. The Bertz CT molecular complexity index is 1030. The van der Waals surface area contributed by atoms with Crippen LogP contribution >= 0.6 is 0 Å². The first-order valence-electron chi connectivity index (χ1n) is 24.0. The maximum absolute atomic E-state index is 13.1. The molecule has 0 aromatic carbocycles. The highest BCUT2D eigenvalue weighted by Gasteiger charge is 2.24. The molecule has 0 spiro atoms. The van der Waals surface area contributed by atoms with E-state index in [1.165, 1.54) is 96.3 Å². The number of carbonyl (C=O) groups is 2. The van der Waals surface area contributed by atoms with Crippen molar-refractivity contribution in [3.05, 3.63) is 60.8 Å². The van der Waals surface area contributed by atoms with Crippen LogP contribution < -0.4 is 5.32 Å². The summed E-state index contributed by atoms with van der Waals surface area (Å²) in [4.78, 5) is 25.9. The van der Waals surface area contributed by atoms with E-state index in [2.05, 4.69) is 86.8 Å². The molecule has 0 fully saturated rings. The number of hydrogen-bond acceptors (Lipinski definition) is 5. The summed E-state index contributed by atoms with van der Waals surface area (Å²) in [6, 6.07) is -0.710. The summed E-state index contributed by atoms with van der Waals surface area (Å²) in [5.41, 5.74) is 0. The highest BCUT2D eigenvalue weighted by molar-refractivity contribution is 5.77. The smallest absolute Gasteiger partial charge is 0.306 e. The van der Waals surface area contributed by atoms with E-state index in [0.717, 1.165) is 77.0 Å². The monoisotopic (exact) mass is 798 g/mol. The molecule has 0 aliphatic carbocycles. The number of nitrogens with one attached hydrogen (secondary N) is 1. The van der Waals surface area contributed by atoms with Crippen LogP contribution in [0, 0.1) is 0 Å².